The molecule has 0 aliphatic carbocycles. The van der Waals surface area contributed by atoms with Crippen molar-refractivity contribution in [1.29, 1.82) is 0 Å². The maximum Gasteiger partial charge on any atom is 0.179 e. The minimum atomic E-state index is -0.254. The molecule has 0 radical (unpaired) electrons. The molecule has 0 amide bonds. The lowest BCUT2D eigenvalue weighted by atomic mass is 10.1. The van der Waals surface area contributed by atoms with Crippen molar-refractivity contribution in [2.45, 2.75) is 20.8 Å². The third kappa shape index (κ3) is 2.30. The fraction of sp³-hybridized carbons (Fsp3) is 0.267. The lowest BCUT2D eigenvalue weighted by Gasteiger charge is -2.13. The number of aryl methyl sites for hydroxylation is 1. The Bertz CT molecular complexity index is 646. The van der Waals surface area contributed by atoms with Crippen LogP contribution >= 0.6 is 11.6 Å². The molecule has 0 N–H and O–H groups in total. The van der Waals surface area contributed by atoms with Crippen molar-refractivity contribution in [3.05, 3.63) is 52.6 Å². The second-order valence-corrected chi connectivity index (χ2v) is 4.83. The number of aromatic nitrogens is 1. The van der Waals surface area contributed by atoms with Gasteiger partial charge in [-0.1, -0.05) is 6.07 Å². The Morgan fingerprint density at radius 2 is 2.00 bits per heavy atom. The Labute approximate surface area is 116 Å². The van der Waals surface area contributed by atoms with Crippen molar-refractivity contribution in [2.24, 2.45) is 0 Å². The van der Waals surface area contributed by atoms with E-state index in [1.807, 2.05) is 24.5 Å². The molecule has 0 unspecified atom stereocenters. The van der Waals surface area contributed by atoms with E-state index in [4.69, 9.17) is 11.6 Å². The van der Waals surface area contributed by atoms with E-state index in [0.717, 1.165) is 17.1 Å². The van der Waals surface area contributed by atoms with Crippen LogP contribution in [0.25, 0.3) is 5.69 Å². The molecule has 1 heterocycles. The van der Waals surface area contributed by atoms with E-state index in [-0.39, 0.29) is 17.5 Å². The number of alkyl halides is 1. The summed E-state index contributed by atoms with van der Waals surface area (Å²) in [5.41, 5.74) is 3.59. The van der Waals surface area contributed by atoms with Crippen molar-refractivity contribution in [1.82, 2.24) is 4.57 Å². The van der Waals surface area contributed by atoms with Crippen molar-refractivity contribution in [2.75, 3.05) is 5.88 Å². The summed E-state index contributed by atoms with van der Waals surface area (Å²) < 4.78 is 15.5. The molecule has 0 saturated carbocycles. The van der Waals surface area contributed by atoms with Crippen molar-refractivity contribution >= 4 is 17.4 Å². The fourth-order valence-corrected chi connectivity index (χ4v) is 2.47. The van der Waals surface area contributed by atoms with E-state index in [0.29, 0.717) is 11.1 Å². The number of halogens is 2. The molecule has 0 fully saturated rings. The molecule has 1 aromatic carbocycles. The van der Waals surface area contributed by atoms with Gasteiger partial charge in [-0.05, 0) is 39.0 Å². The van der Waals surface area contributed by atoms with E-state index in [9.17, 15) is 9.18 Å². The number of hydrogen-bond donors (Lipinski definition) is 0. The van der Waals surface area contributed by atoms with Crippen LogP contribution in [0.5, 0.6) is 0 Å². The average molecular weight is 280 g/mol. The Kier molecular flexibility index (Phi) is 3.76. The molecule has 2 nitrogen and oxygen atoms in total. The first-order chi connectivity index (χ1) is 8.97. The van der Waals surface area contributed by atoms with Gasteiger partial charge in [0.1, 0.15) is 5.82 Å². The van der Waals surface area contributed by atoms with Gasteiger partial charge in [0.2, 0.25) is 0 Å². The lowest BCUT2D eigenvalue weighted by Crippen LogP contribution is -2.06. The summed E-state index contributed by atoms with van der Waals surface area (Å²) in [6, 6.07) is 6.73. The van der Waals surface area contributed by atoms with Gasteiger partial charge >= 0.3 is 0 Å². The SMILES string of the molecule is Cc1c(F)cccc1-n1c(C)cc(C(=O)CCl)c1C. The van der Waals surface area contributed by atoms with Gasteiger partial charge in [0.15, 0.2) is 5.78 Å². The van der Waals surface area contributed by atoms with Crippen molar-refractivity contribution in [3.8, 4) is 5.69 Å². The van der Waals surface area contributed by atoms with Gasteiger partial charge in [-0.2, -0.15) is 0 Å². The number of benzene rings is 1. The molecule has 0 atom stereocenters. The third-order valence-corrected chi connectivity index (χ3v) is 3.58. The van der Waals surface area contributed by atoms with Gasteiger partial charge in [0.25, 0.3) is 0 Å². The number of carbonyl (C=O) groups is 1. The van der Waals surface area contributed by atoms with Crippen LogP contribution in [-0.2, 0) is 0 Å². The van der Waals surface area contributed by atoms with Gasteiger partial charge in [-0.15, -0.1) is 11.6 Å². The van der Waals surface area contributed by atoms with Crippen LogP contribution in [0.1, 0.15) is 27.3 Å². The highest BCUT2D eigenvalue weighted by Gasteiger charge is 2.17. The topological polar surface area (TPSA) is 22.0 Å². The Balaban J connectivity index is 2.67. The van der Waals surface area contributed by atoms with Crippen LogP contribution in [0, 0.1) is 26.6 Å². The fourth-order valence-electron chi connectivity index (χ4n) is 2.33. The normalized spacial score (nSPS) is 10.8. The van der Waals surface area contributed by atoms with Crippen LogP contribution < -0.4 is 0 Å². The number of ketones is 1. The molecule has 100 valence electrons. The molecule has 19 heavy (non-hydrogen) atoms. The summed E-state index contributed by atoms with van der Waals surface area (Å²) >= 11 is 5.60. The molecule has 2 rings (SSSR count). The van der Waals surface area contributed by atoms with Crippen LogP contribution in [0.4, 0.5) is 4.39 Å². The van der Waals surface area contributed by atoms with Crippen LogP contribution in [0.2, 0.25) is 0 Å². The molecule has 0 bridgehead atoms. The number of rotatable bonds is 3. The molecule has 0 saturated heterocycles. The zero-order valence-corrected chi connectivity index (χ0v) is 11.9. The second-order valence-electron chi connectivity index (χ2n) is 4.56. The second kappa shape index (κ2) is 5.17. The van der Waals surface area contributed by atoms with Crippen molar-refractivity contribution in [3.63, 3.8) is 0 Å². The smallest absolute Gasteiger partial charge is 0.179 e. The first-order valence-corrected chi connectivity index (χ1v) is 6.54. The minimum Gasteiger partial charge on any atom is -0.317 e. The van der Waals surface area contributed by atoms with Gasteiger partial charge in [-0.25, -0.2) is 4.39 Å². The lowest BCUT2D eigenvalue weighted by molar-refractivity contribution is 0.102. The largest absolute Gasteiger partial charge is 0.317 e. The molecule has 0 aliphatic rings. The summed E-state index contributed by atoms with van der Waals surface area (Å²) in [6.45, 7) is 5.46. The minimum absolute atomic E-state index is 0.0492. The summed E-state index contributed by atoms with van der Waals surface area (Å²) in [5, 5.41) is 0. The molecule has 0 spiro atoms. The summed E-state index contributed by atoms with van der Waals surface area (Å²) in [7, 11) is 0. The highest BCUT2D eigenvalue weighted by molar-refractivity contribution is 6.30. The zero-order chi connectivity index (χ0) is 14.2. The predicted molar refractivity (Wildman–Crippen MR) is 75.0 cm³/mol. The van der Waals surface area contributed by atoms with Crippen LogP contribution in [-0.4, -0.2) is 16.2 Å². The number of nitrogens with zero attached hydrogens (tertiary/aromatic N) is 1. The van der Waals surface area contributed by atoms with Gasteiger partial charge in [-0.3, -0.25) is 4.79 Å². The molecule has 2 aromatic rings. The van der Waals surface area contributed by atoms with E-state index in [1.54, 1.807) is 19.1 Å². The summed E-state index contributed by atoms with van der Waals surface area (Å²) in [4.78, 5) is 11.8. The monoisotopic (exact) mass is 279 g/mol. The summed E-state index contributed by atoms with van der Waals surface area (Å²) in [5.74, 6) is -0.419. The number of carbonyl (C=O) groups excluding carboxylic acids is 1. The molecular formula is C15H15ClFNO. The summed E-state index contributed by atoms with van der Waals surface area (Å²) in [6.07, 6.45) is 0. The maximum atomic E-state index is 13.7. The van der Waals surface area contributed by atoms with E-state index < -0.39 is 0 Å². The van der Waals surface area contributed by atoms with E-state index in [1.165, 1.54) is 6.07 Å². The third-order valence-electron chi connectivity index (χ3n) is 3.33. The zero-order valence-electron chi connectivity index (χ0n) is 11.1. The van der Waals surface area contributed by atoms with E-state index >= 15 is 0 Å². The average Bonchev–Trinajstić information content (AvgIpc) is 2.68. The highest BCUT2D eigenvalue weighted by Crippen LogP contribution is 2.25. The molecular weight excluding hydrogens is 265 g/mol. The van der Waals surface area contributed by atoms with Gasteiger partial charge in [0.05, 0.1) is 11.6 Å². The number of Topliss-reactive ketones (excluding diaryl/α,β-unsaturated/α-hetero) is 1. The standard InChI is InChI=1S/C15H15ClFNO/c1-9-7-12(15(19)8-16)11(3)18(9)14-6-4-5-13(17)10(14)2/h4-7H,8H2,1-3H3. The molecule has 0 aliphatic heterocycles. The van der Waals surface area contributed by atoms with E-state index in [2.05, 4.69) is 0 Å². The maximum absolute atomic E-state index is 13.7. The first kappa shape index (κ1) is 13.8. The van der Waals surface area contributed by atoms with Crippen LogP contribution in [0.15, 0.2) is 24.3 Å². The molecule has 4 heteroatoms. The highest BCUT2D eigenvalue weighted by atomic mass is 35.5. The quantitative estimate of drug-likeness (QED) is 0.616. The first-order valence-electron chi connectivity index (χ1n) is 6.01. The van der Waals surface area contributed by atoms with Gasteiger partial charge < -0.3 is 4.57 Å². The Morgan fingerprint density at radius 1 is 1.32 bits per heavy atom. The van der Waals surface area contributed by atoms with Crippen molar-refractivity contribution < 1.29 is 9.18 Å². The molecule has 1 aromatic heterocycles. The van der Waals surface area contributed by atoms with Gasteiger partial charge in [0, 0.05) is 22.5 Å². The van der Waals surface area contributed by atoms with Crippen LogP contribution in [0.3, 0.4) is 0 Å². The Hall–Kier alpha value is -1.61. The Morgan fingerprint density at radius 3 is 2.63 bits per heavy atom. The predicted octanol–water partition coefficient (Wildman–Crippen LogP) is 3.96. The number of hydrogen-bond acceptors (Lipinski definition) is 1.